The van der Waals surface area contributed by atoms with Crippen LogP contribution < -0.4 is 5.32 Å². The molecule has 3 atom stereocenters. The molecule has 0 saturated heterocycles. The Balaban J connectivity index is 1.40. The molecule has 0 unspecified atom stereocenters. The van der Waals surface area contributed by atoms with E-state index in [-0.39, 0.29) is 17.6 Å². The van der Waals surface area contributed by atoms with Crippen LogP contribution >= 0.6 is 0 Å². The van der Waals surface area contributed by atoms with Gasteiger partial charge in [0.2, 0.25) is 0 Å². The normalized spacial score (nSPS) is 34.7. The monoisotopic (exact) mass is 435 g/mol. The average Bonchev–Trinajstić information content (AvgIpc) is 3.43. The molecule has 0 aromatic rings. The summed E-state index contributed by atoms with van der Waals surface area (Å²) in [5, 5.41) is 2.60. The first kappa shape index (κ1) is 22.9. The third-order valence-electron chi connectivity index (χ3n) is 7.71. The Labute approximate surface area is 187 Å². The fraction of sp³-hybridized carbons (Fsp3) is 0.920. The van der Waals surface area contributed by atoms with Gasteiger partial charge in [-0.25, -0.2) is 9.59 Å². The molecule has 6 heteroatoms. The van der Waals surface area contributed by atoms with Crippen LogP contribution in [0.15, 0.2) is 0 Å². The highest BCUT2D eigenvalue weighted by Crippen LogP contribution is 2.62. The van der Waals surface area contributed by atoms with Gasteiger partial charge in [0.15, 0.2) is 0 Å². The number of nitrogens with one attached hydrogen (secondary N) is 1. The molecule has 5 saturated carbocycles. The van der Waals surface area contributed by atoms with Crippen molar-refractivity contribution in [3.8, 4) is 0 Å². The van der Waals surface area contributed by atoms with Crippen molar-refractivity contribution >= 4 is 12.1 Å². The molecular formula is C25H41NO5. The van der Waals surface area contributed by atoms with Crippen molar-refractivity contribution in [2.45, 2.75) is 110 Å². The van der Waals surface area contributed by atoms with E-state index in [4.69, 9.17) is 14.2 Å². The lowest BCUT2D eigenvalue weighted by Gasteiger charge is -2.59. The van der Waals surface area contributed by atoms with Crippen LogP contribution in [-0.4, -0.2) is 42.5 Å². The van der Waals surface area contributed by atoms with Gasteiger partial charge >= 0.3 is 12.1 Å². The van der Waals surface area contributed by atoms with E-state index in [0.29, 0.717) is 5.92 Å². The second-order valence-electron chi connectivity index (χ2n) is 12.0. The van der Waals surface area contributed by atoms with Gasteiger partial charge in [-0.15, -0.1) is 0 Å². The lowest BCUT2D eigenvalue weighted by atomic mass is 9.47. The molecule has 5 rings (SSSR count). The van der Waals surface area contributed by atoms with Gasteiger partial charge in [-0.2, -0.15) is 0 Å². The molecule has 5 aliphatic carbocycles. The molecule has 31 heavy (non-hydrogen) atoms. The van der Waals surface area contributed by atoms with Crippen LogP contribution in [-0.2, 0) is 19.0 Å². The van der Waals surface area contributed by atoms with E-state index in [1.807, 2.05) is 6.92 Å². The van der Waals surface area contributed by atoms with E-state index in [0.717, 1.165) is 24.4 Å². The quantitative estimate of drug-likeness (QED) is 0.552. The number of hydrogen-bond acceptors (Lipinski definition) is 5. The smallest absolute Gasteiger partial charge is 0.408 e. The molecule has 176 valence electrons. The number of esters is 1. The van der Waals surface area contributed by atoms with Crippen molar-refractivity contribution < 1.29 is 23.8 Å². The Morgan fingerprint density at radius 2 is 1.55 bits per heavy atom. The largest absolute Gasteiger partial charge is 0.458 e. The summed E-state index contributed by atoms with van der Waals surface area (Å²) in [7, 11) is 0. The fourth-order valence-corrected chi connectivity index (χ4v) is 6.75. The molecule has 1 N–H and O–H groups in total. The van der Waals surface area contributed by atoms with E-state index >= 15 is 0 Å². The van der Waals surface area contributed by atoms with Crippen LogP contribution in [0.25, 0.3) is 0 Å². The van der Waals surface area contributed by atoms with Crippen LogP contribution in [0.3, 0.4) is 0 Å². The summed E-state index contributed by atoms with van der Waals surface area (Å²) in [5.74, 6) is 2.69. The zero-order valence-corrected chi connectivity index (χ0v) is 19.9. The molecule has 0 aromatic carbocycles. The van der Waals surface area contributed by atoms with E-state index in [2.05, 4.69) is 5.32 Å². The highest BCUT2D eigenvalue weighted by molar-refractivity contribution is 5.81. The van der Waals surface area contributed by atoms with Gasteiger partial charge in [0, 0.05) is 12.0 Å². The zero-order valence-electron chi connectivity index (χ0n) is 19.9. The van der Waals surface area contributed by atoms with E-state index in [9.17, 15) is 9.59 Å². The lowest BCUT2D eigenvalue weighted by molar-refractivity contribution is -0.192. The molecule has 0 aromatic heterocycles. The minimum Gasteiger partial charge on any atom is -0.458 e. The van der Waals surface area contributed by atoms with E-state index in [1.54, 1.807) is 27.7 Å². The summed E-state index contributed by atoms with van der Waals surface area (Å²) in [5.41, 5.74) is -0.466. The van der Waals surface area contributed by atoms with Gasteiger partial charge in [0.05, 0.1) is 6.10 Å². The Bertz CT molecular complexity index is 645. The standard InChI is InChI=1S/C25H41NO5/c1-15(26-23(28)31-24(3,4)5)22(27)30-16(2)21(29-14-17-6-7-17)25-11-18-8-19(12-25)10-20(9-18)13-25/h15-21H,6-14H2,1-5H3,(H,26,28)/t15-,16-,18?,19?,20?,21+,25?/m0/s1. The second kappa shape index (κ2) is 8.57. The van der Waals surface area contributed by atoms with Gasteiger partial charge in [-0.3, -0.25) is 0 Å². The lowest BCUT2D eigenvalue weighted by Crippen LogP contribution is -2.56. The van der Waals surface area contributed by atoms with E-state index in [1.165, 1.54) is 51.4 Å². The van der Waals surface area contributed by atoms with Crippen molar-refractivity contribution in [3.63, 3.8) is 0 Å². The summed E-state index contributed by atoms with van der Waals surface area (Å²) in [4.78, 5) is 24.8. The predicted molar refractivity (Wildman–Crippen MR) is 117 cm³/mol. The molecule has 0 radical (unpaired) electrons. The van der Waals surface area contributed by atoms with Crippen LogP contribution in [0.5, 0.6) is 0 Å². The Morgan fingerprint density at radius 1 is 1.00 bits per heavy atom. The second-order valence-corrected chi connectivity index (χ2v) is 12.0. The Kier molecular flexibility index (Phi) is 6.32. The van der Waals surface area contributed by atoms with Crippen molar-refractivity contribution in [1.29, 1.82) is 0 Å². The summed E-state index contributed by atoms with van der Waals surface area (Å²) in [6, 6.07) is -0.766. The number of alkyl carbamates (subject to hydrolysis) is 1. The molecule has 0 aliphatic heterocycles. The highest BCUT2D eigenvalue weighted by atomic mass is 16.6. The molecule has 5 aliphatic rings. The topological polar surface area (TPSA) is 73.9 Å². The minimum absolute atomic E-state index is 0.0563. The van der Waals surface area contributed by atoms with Gasteiger partial charge in [0.25, 0.3) is 0 Å². The zero-order chi connectivity index (χ0) is 22.4. The number of carbonyl (C=O) groups is 2. The first-order valence-corrected chi connectivity index (χ1v) is 12.3. The Morgan fingerprint density at radius 3 is 2.03 bits per heavy atom. The third kappa shape index (κ3) is 5.55. The maximum atomic E-state index is 12.8. The van der Waals surface area contributed by atoms with Crippen LogP contribution in [0.2, 0.25) is 0 Å². The fourth-order valence-electron chi connectivity index (χ4n) is 6.75. The first-order chi connectivity index (χ1) is 14.5. The first-order valence-electron chi connectivity index (χ1n) is 12.3. The van der Waals surface area contributed by atoms with Crippen molar-refractivity contribution in [3.05, 3.63) is 0 Å². The maximum Gasteiger partial charge on any atom is 0.408 e. The molecule has 0 heterocycles. The number of rotatable bonds is 8. The summed E-state index contributed by atoms with van der Waals surface area (Å²) in [6.45, 7) is 9.79. The van der Waals surface area contributed by atoms with Crippen molar-refractivity contribution in [2.24, 2.45) is 29.1 Å². The van der Waals surface area contributed by atoms with Crippen LogP contribution in [0.1, 0.15) is 86.0 Å². The summed E-state index contributed by atoms with van der Waals surface area (Å²) < 4.78 is 17.7. The highest BCUT2D eigenvalue weighted by Gasteiger charge is 2.56. The third-order valence-corrected chi connectivity index (χ3v) is 7.71. The van der Waals surface area contributed by atoms with Crippen LogP contribution in [0, 0.1) is 29.1 Å². The molecule has 5 fully saturated rings. The van der Waals surface area contributed by atoms with Crippen molar-refractivity contribution in [1.82, 2.24) is 5.32 Å². The van der Waals surface area contributed by atoms with Gasteiger partial charge in [-0.05, 0) is 110 Å². The SMILES string of the molecule is C[C@H](NC(=O)OC(C)(C)C)C(=O)O[C@@H](C)[C@@H](OCC1CC1)C12CC3CC(CC(C3)C1)C2. The van der Waals surface area contributed by atoms with E-state index < -0.39 is 23.7 Å². The number of hydrogen-bond donors (Lipinski definition) is 1. The van der Waals surface area contributed by atoms with Crippen LogP contribution in [0.4, 0.5) is 4.79 Å². The number of amides is 1. The van der Waals surface area contributed by atoms with Gasteiger partial charge < -0.3 is 19.5 Å². The minimum atomic E-state index is -0.766. The average molecular weight is 436 g/mol. The summed E-state index contributed by atoms with van der Waals surface area (Å²) >= 11 is 0. The predicted octanol–water partition coefficient (Wildman–Crippen LogP) is 4.84. The maximum absolute atomic E-state index is 12.8. The number of ether oxygens (including phenoxy) is 3. The van der Waals surface area contributed by atoms with Crippen molar-refractivity contribution in [2.75, 3.05) is 6.61 Å². The molecule has 4 bridgehead atoms. The molecule has 1 amide bonds. The van der Waals surface area contributed by atoms with Gasteiger partial charge in [0.1, 0.15) is 17.7 Å². The molecule has 6 nitrogen and oxygen atoms in total. The molecule has 0 spiro atoms. The summed E-state index contributed by atoms with van der Waals surface area (Å²) in [6.07, 6.45) is 9.26. The van der Waals surface area contributed by atoms with Gasteiger partial charge in [-0.1, -0.05) is 0 Å². The Hall–Kier alpha value is -1.30. The number of carbonyl (C=O) groups excluding carboxylic acids is 2. The molecular weight excluding hydrogens is 394 g/mol.